The smallest absolute Gasteiger partial charge is 0.288 e. The van der Waals surface area contributed by atoms with Crippen LogP contribution in [0.25, 0.3) is 22.0 Å². The Labute approximate surface area is 188 Å². The lowest BCUT2D eigenvalue weighted by atomic mass is 10.1. The molecule has 1 unspecified atom stereocenters. The molecule has 8 nitrogen and oxygen atoms in total. The summed E-state index contributed by atoms with van der Waals surface area (Å²) in [5.74, 6) is 0.230. The fourth-order valence-corrected chi connectivity index (χ4v) is 4.38. The number of nitrogen functional groups attached to an aromatic ring is 1. The first-order chi connectivity index (χ1) is 16.0. The molecule has 33 heavy (non-hydrogen) atoms. The average Bonchev–Trinajstić information content (AvgIpc) is 3.26. The highest BCUT2D eigenvalue weighted by molar-refractivity contribution is 6.02. The molecule has 0 spiro atoms. The number of nitriles is 1. The molecule has 166 valence electrons. The van der Waals surface area contributed by atoms with Crippen LogP contribution in [0.15, 0.2) is 59.5 Å². The van der Waals surface area contributed by atoms with Gasteiger partial charge in [-0.25, -0.2) is 9.49 Å². The second-order valence-electron chi connectivity index (χ2n) is 8.01. The maximum atomic E-state index is 15.0. The molecule has 0 bridgehead atoms. The summed E-state index contributed by atoms with van der Waals surface area (Å²) in [6, 6.07) is 13.5. The van der Waals surface area contributed by atoms with Gasteiger partial charge in [0.1, 0.15) is 11.3 Å². The molecule has 0 saturated carbocycles. The van der Waals surface area contributed by atoms with Crippen LogP contribution in [0.4, 0.5) is 10.2 Å². The predicted molar refractivity (Wildman–Crippen MR) is 122 cm³/mol. The van der Waals surface area contributed by atoms with Gasteiger partial charge in [-0.1, -0.05) is 24.3 Å². The molecule has 1 aliphatic rings. The Morgan fingerprint density at radius 1 is 1.24 bits per heavy atom. The van der Waals surface area contributed by atoms with Crippen molar-refractivity contribution in [2.24, 2.45) is 0 Å². The van der Waals surface area contributed by atoms with E-state index in [1.54, 1.807) is 35.4 Å². The number of likely N-dealkylation sites (tertiary alicyclic amines) is 1. The van der Waals surface area contributed by atoms with Gasteiger partial charge in [-0.2, -0.15) is 10.4 Å². The number of ether oxygens (including phenoxy) is 1. The first-order valence-electron chi connectivity index (χ1n) is 10.6. The highest BCUT2D eigenvalue weighted by atomic mass is 19.1. The van der Waals surface area contributed by atoms with Crippen molar-refractivity contribution in [1.29, 1.82) is 5.26 Å². The number of H-pyrrole nitrogens is 1. The van der Waals surface area contributed by atoms with Gasteiger partial charge >= 0.3 is 0 Å². The van der Waals surface area contributed by atoms with E-state index in [1.807, 2.05) is 22.8 Å². The number of hydrogen-bond acceptors (Lipinski definition) is 6. The average molecular weight is 444 g/mol. The van der Waals surface area contributed by atoms with Gasteiger partial charge in [0.15, 0.2) is 23.6 Å². The van der Waals surface area contributed by atoms with E-state index in [4.69, 9.17) is 10.5 Å². The Morgan fingerprint density at radius 3 is 2.82 bits per heavy atom. The van der Waals surface area contributed by atoms with Crippen molar-refractivity contribution in [1.82, 2.24) is 19.7 Å². The van der Waals surface area contributed by atoms with E-state index in [2.05, 4.69) is 16.4 Å². The minimum absolute atomic E-state index is 0.0922. The summed E-state index contributed by atoms with van der Waals surface area (Å²) < 4.78 is 22.5. The molecule has 3 heterocycles. The zero-order valence-electron chi connectivity index (χ0n) is 17.7. The largest absolute Gasteiger partial charge is 0.454 e. The molecule has 2 aromatic carbocycles. The van der Waals surface area contributed by atoms with Gasteiger partial charge in [0.2, 0.25) is 0 Å². The van der Waals surface area contributed by atoms with Crippen LogP contribution in [-0.4, -0.2) is 32.8 Å². The minimum atomic E-state index is -0.540. The molecule has 3 N–H and O–H groups in total. The number of hydrogen-bond donors (Lipinski definition) is 2. The van der Waals surface area contributed by atoms with Gasteiger partial charge in [0, 0.05) is 24.8 Å². The number of aromatic amines is 1. The molecule has 0 radical (unpaired) electrons. The Bertz CT molecular complexity index is 1420. The normalized spacial score (nSPS) is 16.0. The second kappa shape index (κ2) is 8.31. The summed E-state index contributed by atoms with van der Waals surface area (Å²) in [5, 5.41) is 16.2. The van der Waals surface area contributed by atoms with Crippen molar-refractivity contribution in [3.05, 3.63) is 70.9 Å². The molecular weight excluding hydrogens is 423 g/mol. The zero-order chi connectivity index (χ0) is 22.9. The number of rotatable bonds is 4. The second-order valence-corrected chi connectivity index (χ2v) is 8.01. The Morgan fingerprint density at radius 2 is 2.06 bits per heavy atom. The SMILES string of the molecule is N#CN1CCCC(n2cc(-c3ccc(Oc4ccccc4)c(F)c3)c3c(N)n[nH]c(=O)c32)C1. The fourth-order valence-electron chi connectivity index (χ4n) is 4.38. The first-order valence-corrected chi connectivity index (χ1v) is 10.6. The van der Waals surface area contributed by atoms with Gasteiger partial charge < -0.3 is 19.9 Å². The topological polar surface area (TPSA) is 113 Å². The quantitative estimate of drug-likeness (QED) is 0.460. The van der Waals surface area contributed by atoms with Crippen LogP contribution in [-0.2, 0) is 0 Å². The molecule has 0 aliphatic carbocycles. The number of nitrogens with one attached hydrogen (secondary N) is 1. The molecule has 4 aromatic rings. The number of benzene rings is 2. The molecular formula is C24H21FN6O2. The van der Waals surface area contributed by atoms with E-state index >= 15 is 0 Å². The molecule has 1 saturated heterocycles. The van der Waals surface area contributed by atoms with Gasteiger partial charge in [0.25, 0.3) is 5.56 Å². The van der Waals surface area contributed by atoms with Crippen LogP contribution < -0.4 is 16.0 Å². The van der Waals surface area contributed by atoms with Crippen LogP contribution in [0.2, 0.25) is 0 Å². The lowest BCUT2D eigenvalue weighted by molar-refractivity contribution is 0.248. The van der Waals surface area contributed by atoms with Crippen LogP contribution >= 0.6 is 0 Å². The summed E-state index contributed by atoms with van der Waals surface area (Å²) in [5.41, 5.74) is 7.28. The van der Waals surface area contributed by atoms with E-state index in [0.29, 0.717) is 40.9 Å². The van der Waals surface area contributed by atoms with Gasteiger partial charge in [0.05, 0.1) is 11.4 Å². The number of aromatic nitrogens is 3. The van der Waals surface area contributed by atoms with Crippen molar-refractivity contribution in [3.8, 4) is 28.8 Å². The van der Waals surface area contributed by atoms with Crippen molar-refractivity contribution >= 4 is 16.7 Å². The molecule has 9 heteroatoms. The van der Waals surface area contributed by atoms with E-state index in [9.17, 15) is 14.4 Å². The third kappa shape index (κ3) is 3.76. The molecule has 1 fully saturated rings. The maximum Gasteiger partial charge on any atom is 0.288 e. The summed E-state index contributed by atoms with van der Waals surface area (Å²) in [4.78, 5) is 14.4. The summed E-state index contributed by atoms with van der Waals surface area (Å²) in [6.07, 6.45) is 5.62. The lowest BCUT2D eigenvalue weighted by Gasteiger charge is -2.30. The highest BCUT2D eigenvalue weighted by Gasteiger charge is 2.26. The monoisotopic (exact) mass is 444 g/mol. The van der Waals surface area contributed by atoms with Gasteiger partial charge in [-0.3, -0.25) is 4.79 Å². The molecule has 0 amide bonds. The number of piperidine rings is 1. The minimum Gasteiger partial charge on any atom is -0.454 e. The fraction of sp³-hybridized carbons (Fsp3) is 0.208. The van der Waals surface area contributed by atoms with Crippen LogP contribution in [0, 0.1) is 17.3 Å². The van der Waals surface area contributed by atoms with Crippen molar-refractivity contribution < 1.29 is 9.13 Å². The number of para-hydroxylation sites is 1. The van der Waals surface area contributed by atoms with Crippen molar-refractivity contribution in [2.75, 3.05) is 18.8 Å². The van der Waals surface area contributed by atoms with Gasteiger partial charge in [-0.05, 0) is 42.7 Å². The van der Waals surface area contributed by atoms with E-state index < -0.39 is 5.82 Å². The first kappa shape index (κ1) is 20.6. The summed E-state index contributed by atoms with van der Waals surface area (Å²) in [7, 11) is 0. The third-order valence-corrected chi connectivity index (χ3v) is 5.93. The highest BCUT2D eigenvalue weighted by Crippen LogP contribution is 2.37. The Hall–Kier alpha value is -4.32. The zero-order valence-corrected chi connectivity index (χ0v) is 17.7. The lowest BCUT2D eigenvalue weighted by Crippen LogP contribution is -2.33. The third-order valence-electron chi connectivity index (χ3n) is 5.93. The number of anilines is 1. The number of nitrogens with two attached hydrogens (primary N) is 1. The maximum absolute atomic E-state index is 15.0. The van der Waals surface area contributed by atoms with E-state index in [-0.39, 0.29) is 23.2 Å². The van der Waals surface area contributed by atoms with Crippen molar-refractivity contribution in [2.45, 2.75) is 18.9 Å². The van der Waals surface area contributed by atoms with E-state index in [0.717, 1.165) is 12.8 Å². The van der Waals surface area contributed by atoms with Crippen molar-refractivity contribution in [3.63, 3.8) is 0 Å². The van der Waals surface area contributed by atoms with Gasteiger partial charge in [-0.15, -0.1) is 0 Å². The summed E-state index contributed by atoms with van der Waals surface area (Å²) in [6.45, 7) is 1.17. The standard InChI is InChI=1S/C24H21FN6O2/c25-19-11-15(8-9-20(19)33-17-6-2-1-3-7-17)18-13-31(16-5-4-10-30(12-16)14-26)22-21(18)23(27)28-29-24(22)32/h1-3,6-9,11,13,16H,4-5,10,12H2,(H2,27,28)(H,29,32). The molecule has 1 aliphatic heterocycles. The molecule has 5 rings (SSSR count). The molecule has 2 aromatic heterocycles. The van der Waals surface area contributed by atoms with E-state index in [1.165, 1.54) is 6.07 Å². The molecule has 1 atom stereocenters. The van der Waals surface area contributed by atoms with Crippen LogP contribution in [0.3, 0.4) is 0 Å². The van der Waals surface area contributed by atoms with Crippen LogP contribution in [0.1, 0.15) is 18.9 Å². The van der Waals surface area contributed by atoms with Crippen LogP contribution in [0.5, 0.6) is 11.5 Å². The number of fused-ring (bicyclic) bond motifs is 1. The Balaban J connectivity index is 1.60. The predicted octanol–water partition coefficient (Wildman–Crippen LogP) is 4.02. The number of nitrogens with zero attached hydrogens (tertiary/aromatic N) is 4. The Kier molecular flexibility index (Phi) is 5.18. The number of halogens is 1. The summed E-state index contributed by atoms with van der Waals surface area (Å²) >= 11 is 0.